The standard InChI is InChI=1S/C19H22N6O/c1-24-19(26)10-9-18(23-24)25-11-5-4-6-14(25)12-21-17-13-20-15-7-2-3-8-16(15)22-17/h2-3,7-10,13-14H,4-6,11-12H2,1H3,(H,21,22). The summed E-state index contributed by atoms with van der Waals surface area (Å²) in [5.41, 5.74) is 1.69. The van der Waals surface area contributed by atoms with Crippen molar-refractivity contribution >= 4 is 22.7 Å². The first-order chi connectivity index (χ1) is 12.7. The van der Waals surface area contributed by atoms with Gasteiger partial charge in [0.1, 0.15) is 11.6 Å². The molecule has 1 N–H and O–H groups in total. The summed E-state index contributed by atoms with van der Waals surface area (Å²) in [4.78, 5) is 23.0. The fourth-order valence-electron chi connectivity index (χ4n) is 3.42. The average Bonchev–Trinajstić information content (AvgIpc) is 2.68. The molecular weight excluding hydrogens is 328 g/mol. The van der Waals surface area contributed by atoms with Gasteiger partial charge in [-0.25, -0.2) is 9.67 Å². The number of aromatic nitrogens is 4. The molecule has 0 radical (unpaired) electrons. The van der Waals surface area contributed by atoms with Gasteiger partial charge in [0.2, 0.25) is 0 Å². The molecule has 1 fully saturated rings. The first-order valence-corrected chi connectivity index (χ1v) is 8.97. The lowest BCUT2D eigenvalue weighted by Crippen LogP contribution is -2.45. The van der Waals surface area contributed by atoms with E-state index in [9.17, 15) is 4.79 Å². The molecule has 4 rings (SSSR count). The Balaban J connectivity index is 1.50. The van der Waals surface area contributed by atoms with Crippen LogP contribution in [0, 0.1) is 0 Å². The van der Waals surface area contributed by atoms with Crippen molar-refractivity contribution in [1.29, 1.82) is 0 Å². The Labute approximate surface area is 151 Å². The lowest BCUT2D eigenvalue weighted by Gasteiger charge is -2.36. The number of fused-ring (bicyclic) bond motifs is 1. The van der Waals surface area contributed by atoms with E-state index in [1.165, 1.54) is 11.1 Å². The van der Waals surface area contributed by atoms with E-state index in [1.807, 2.05) is 30.3 Å². The third-order valence-electron chi connectivity index (χ3n) is 4.84. The number of rotatable bonds is 4. The maximum Gasteiger partial charge on any atom is 0.266 e. The van der Waals surface area contributed by atoms with E-state index < -0.39 is 0 Å². The number of piperidine rings is 1. The second-order valence-corrected chi connectivity index (χ2v) is 6.62. The molecule has 0 spiro atoms. The van der Waals surface area contributed by atoms with Crippen LogP contribution in [0.2, 0.25) is 0 Å². The van der Waals surface area contributed by atoms with Crippen LogP contribution in [0.5, 0.6) is 0 Å². The smallest absolute Gasteiger partial charge is 0.266 e. The van der Waals surface area contributed by atoms with E-state index in [4.69, 9.17) is 0 Å². The van der Waals surface area contributed by atoms with Gasteiger partial charge < -0.3 is 10.2 Å². The zero-order valence-electron chi connectivity index (χ0n) is 14.8. The van der Waals surface area contributed by atoms with Gasteiger partial charge in [-0.2, -0.15) is 5.10 Å². The number of anilines is 2. The molecule has 1 aromatic carbocycles. The summed E-state index contributed by atoms with van der Waals surface area (Å²) in [6.45, 7) is 1.71. The van der Waals surface area contributed by atoms with E-state index in [0.29, 0.717) is 6.04 Å². The molecule has 7 heteroatoms. The maximum absolute atomic E-state index is 11.6. The minimum atomic E-state index is -0.0909. The normalized spacial score (nSPS) is 17.4. The van der Waals surface area contributed by atoms with Crippen molar-refractivity contribution < 1.29 is 0 Å². The van der Waals surface area contributed by atoms with Crippen LogP contribution < -0.4 is 15.8 Å². The van der Waals surface area contributed by atoms with E-state index in [1.54, 1.807) is 19.3 Å². The molecule has 1 aliphatic heterocycles. The third kappa shape index (κ3) is 3.37. The molecule has 2 aromatic heterocycles. The summed E-state index contributed by atoms with van der Waals surface area (Å²) in [5, 5.41) is 7.84. The fraction of sp³-hybridized carbons (Fsp3) is 0.368. The van der Waals surface area contributed by atoms with Crippen LogP contribution in [0.25, 0.3) is 11.0 Å². The van der Waals surface area contributed by atoms with E-state index in [2.05, 4.69) is 25.3 Å². The minimum Gasteiger partial charge on any atom is -0.367 e. The van der Waals surface area contributed by atoms with Gasteiger partial charge >= 0.3 is 0 Å². The number of aryl methyl sites for hydroxylation is 1. The Morgan fingerprint density at radius 2 is 2.00 bits per heavy atom. The molecule has 0 saturated carbocycles. The third-order valence-corrected chi connectivity index (χ3v) is 4.84. The van der Waals surface area contributed by atoms with Crippen LogP contribution in [0.4, 0.5) is 11.6 Å². The van der Waals surface area contributed by atoms with Crippen molar-refractivity contribution in [2.45, 2.75) is 25.3 Å². The van der Waals surface area contributed by atoms with Crippen molar-refractivity contribution in [3.8, 4) is 0 Å². The highest BCUT2D eigenvalue weighted by Crippen LogP contribution is 2.23. The molecule has 134 valence electrons. The van der Waals surface area contributed by atoms with Crippen molar-refractivity contribution in [1.82, 2.24) is 19.7 Å². The largest absolute Gasteiger partial charge is 0.367 e. The molecular formula is C19H22N6O. The summed E-state index contributed by atoms with van der Waals surface area (Å²) < 4.78 is 1.39. The van der Waals surface area contributed by atoms with Gasteiger partial charge in [-0.1, -0.05) is 12.1 Å². The predicted octanol–water partition coefficient (Wildman–Crippen LogP) is 2.19. The van der Waals surface area contributed by atoms with Gasteiger partial charge in [0, 0.05) is 32.2 Å². The molecule has 3 heterocycles. The number of hydrogen-bond acceptors (Lipinski definition) is 6. The fourth-order valence-corrected chi connectivity index (χ4v) is 3.42. The van der Waals surface area contributed by atoms with Gasteiger partial charge in [-0.3, -0.25) is 9.78 Å². The SMILES string of the molecule is Cn1nc(N2CCCCC2CNc2cnc3ccccc3n2)ccc1=O. The number of nitrogens with one attached hydrogen (secondary N) is 1. The summed E-state index contributed by atoms with van der Waals surface area (Å²) in [6, 6.07) is 11.6. The van der Waals surface area contributed by atoms with E-state index in [0.717, 1.165) is 48.6 Å². The van der Waals surface area contributed by atoms with Crippen LogP contribution in [0.15, 0.2) is 47.4 Å². The zero-order valence-corrected chi connectivity index (χ0v) is 14.8. The lowest BCUT2D eigenvalue weighted by molar-refractivity contribution is 0.464. The number of hydrogen-bond donors (Lipinski definition) is 1. The molecule has 0 bridgehead atoms. The Kier molecular flexibility index (Phi) is 4.51. The van der Waals surface area contributed by atoms with Crippen LogP contribution in [-0.2, 0) is 7.05 Å². The van der Waals surface area contributed by atoms with Crippen LogP contribution in [0.3, 0.4) is 0 Å². The topological polar surface area (TPSA) is 75.9 Å². The molecule has 1 atom stereocenters. The highest BCUT2D eigenvalue weighted by Gasteiger charge is 2.24. The summed E-state index contributed by atoms with van der Waals surface area (Å²) in [7, 11) is 1.69. The van der Waals surface area contributed by atoms with Crippen molar-refractivity contribution in [2.75, 3.05) is 23.3 Å². The van der Waals surface area contributed by atoms with Gasteiger partial charge in [0.25, 0.3) is 5.56 Å². The monoisotopic (exact) mass is 350 g/mol. The second kappa shape index (κ2) is 7.11. The molecule has 0 amide bonds. The Hall–Kier alpha value is -2.96. The molecule has 1 unspecified atom stereocenters. The number of nitrogens with zero attached hydrogens (tertiary/aromatic N) is 5. The molecule has 7 nitrogen and oxygen atoms in total. The lowest BCUT2D eigenvalue weighted by atomic mass is 10.0. The summed E-state index contributed by atoms with van der Waals surface area (Å²) >= 11 is 0. The van der Waals surface area contributed by atoms with Crippen LogP contribution in [-0.4, -0.2) is 38.9 Å². The quantitative estimate of drug-likeness (QED) is 0.777. The predicted molar refractivity (Wildman–Crippen MR) is 102 cm³/mol. The van der Waals surface area contributed by atoms with Crippen molar-refractivity contribution in [3.05, 3.63) is 52.9 Å². The summed E-state index contributed by atoms with van der Waals surface area (Å²) in [5.74, 6) is 1.63. The molecule has 1 saturated heterocycles. The van der Waals surface area contributed by atoms with E-state index in [-0.39, 0.29) is 5.56 Å². The van der Waals surface area contributed by atoms with Gasteiger partial charge in [-0.15, -0.1) is 0 Å². The Bertz CT molecular complexity index is 969. The second-order valence-electron chi connectivity index (χ2n) is 6.62. The minimum absolute atomic E-state index is 0.0909. The maximum atomic E-state index is 11.6. The Morgan fingerprint density at radius 1 is 1.15 bits per heavy atom. The van der Waals surface area contributed by atoms with Crippen molar-refractivity contribution in [3.63, 3.8) is 0 Å². The number of para-hydroxylation sites is 2. The molecule has 3 aromatic rings. The number of benzene rings is 1. The molecule has 1 aliphatic rings. The molecule has 0 aliphatic carbocycles. The van der Waals surface area contributed by atoms with Crippen molar-refractivity contribution in [2.24, 2.45) is 7.05 Å². The zero-order chi connectivity index (χ0) is 17.9. The van der Waals surface area contributed by atoms with Crippen LogP contribution >= 0.6 is 0 Å². The van der Waals surface area contributed by atoms with Crippen LogP contribution in [0.1, 0.15) is 19.3 Å². The average molecular weight is 350 g/mol. The first-order valence-electron chi connectivity index (χ1n) is 8.97. The van der Waals surface area contributed by atoms with E-state index >= 15 is 0 Å². The highest BCUT2D eigenvalue weighted by atomic mass is 16.1. The van der Waals surface area contributed by atoms with Gasteiger partial charge in [0.15, 0.2) is 0 Å². The highest BCUT2D eigenvalue weighted by molar-refractivity contribution is 5.75. The van der Waals surface area contributed by atoms with Gasteiger partial charge in [-0.05, 0) is 37.5 Å². The summed E-state index contributed by atoms with van der Waals surface area (Å²) in [6.07, 6.45) is 5.19. The molecule has 26 heavy (non-hydrogen) atoms. The Morgan fingerprint density at radius 3 is 2.85 bits per heavy atom. The first kappa shape index (κ1) is 16.5. The van der Waals surface area contributed by atoms with Gasteiger partial charge in [0.05, 0.1) is 17.2 Å².